The molecule has 0 spiro atoms. The van der Waals surface area contributed by atoms with Gasteiger partial charge in [0.1, 0.15) is 0 Å². The number of hydrogen-bond acceptors (Lipinski definition) is 3. The van der Waals surface area contributed by atoms with E-state index < -0.39 is 0 Å². The van der Waals surface area contributed by atoms with Gasteiger partial charge < -0.3 is 15.4 Å². The summed E-state index contributed by atoms with van der Waals surface area (Å²) in [6.45, 7) is 7.12. The van der Waals surface area contributed by atoms with Gasteiger partial charge in [-0.15, -0.1) is 11.3 Å². The van der Waals surface area contributed by atoms with E-state index in [9.17, 15) is 0 Å². The number of nitrogens with zero attached hydrogens (tertiary/aromatic N) is 1. The molecule has 4 nitrogen and oxygen atoms in total. The van der Waals surface area contributed by atoms with Gasteiger partial charge in [0.05, 0.1) is 6.10 Å². The van der Waals surface area contributed by atoms with Crippen molar-refractivity contribution in [3.05, 3.63) is 22.4 Å². The Hall–Kier alpha value is -1.07. The highest BCUT2D eigenvalue weighted by molar-refractivity contribution is 7.10. The van der Waals surface area contributed by atoms with Gasteiger partial charge in [-0.25, -0.2) is 0 Å². The lowest BCUT2D eigenvalue weighted by Crippen LogP contribution is -2.43. The van der Waals surface area contributed by atoms with Crippen molar-refractivity contribution in [1.29, 1.82) is 0 Å². The van der Waals surface area contributed by atoms with Crippen LogP contribution in [0.15, 0.2) is 22.5 Å². The molecular weight excluding hydrogens is 306 g/mol. The number of thiophene rings is 1. The first-order valence-corrected chi connectivity index (χ1v) is 9.60. The fourth-order valence-electron chi connectivity index (χ4n) is 2.86. The number of hydrogen-bond donors (Lipinski definition) is 2. The lowest BCUT2D eigenvalue weighted by atomic mass is 9.91. The topological polar surface area (TPSA) is 45.7 Å². The van der Waals surface area contributed by atoms with Crippen LogP contribution in [0, 0.1) is 0 Å². The lowest BCUT2D eigenvalue weighted by molar-refractivity contribution is 0.0574. The first kappa shape index (κ1) is 18.3. The SMILES string of the molecule is CN=C(NCCCOC1CCCC1)NCC(C)(C)c1cccs1. The molecule has 5 heteroatoms. The van der Waals surface area contributed by atoms with E-state index in [1.54, 1.807) is 0 Å². The molecule has 1 aliphatic carbocycles. The summed E-state index contributed by atoms with van der Waals surface area (Å²) in [5.74, 6) is 0.871. The zero-order valence-electron chi connectivity index (χ0n) is 14.7. The molecule has 0 bridgehead atoms. The second kappa shape index (κ2) is 9.28. The van der Waals surface area contributed by atoms with E-state index in [0.29, 0.717) is 6.10 Å². The Kier molecular flexibility index (Phi) is 7.37. The van der Waals surface area contributed by atoms with Crippen molar-refractivity contribution in [1.82, 2.24) is 10.6 Å². The van der Waals surface area contributed by atoms with Gasteiger partial charge in [0.2, 0.25) is 0 Å². The van der Waals surface area contributed by atoms with Crippen molar-refractivity contribution in [3.8, 4) is 0 Å². The maximum Gasteiger partial charge on any atom is 0.191 e. The summed E-state index contributed by atoms with van der Waals surface area (Å²) >= 11 is 1.81. The number of guanidine groups is 1. The monoisotopic (exact) mass is 337 g/mol. The normalized spacial score (nSPS) is 16.7. The van der Waals surface area contributed by atoms with Gasteiger partial charge in [0, 0.05) is 37.0 Å². The van der Waals surface area contributed by atoms with Gasteiger partial charge in [-0.05, 0) is 30.7 Å². The Balaban J connectivity index is 1.61. The average molecular weight is 338 g/mol. The minimum absolute atomic E-state index is 0.109. The van der Waals surface area contributed by atoms with Crippen molar-refractivity contribution in [2.45, 2.75) is 57.5 Å². The smallest absolute Gasteiger partial charge is 0.191 e. The maximum absolute atomic E-state index is 5.88. The molecule has 1 heterocycles. The molecule has 0 atom stereocenters. The van der Waals surface area contributed by atoms with E-state index in [1.807, 2.05) is 18.4 Å². The van der Waals surface area contributed by atoms with E-state index in [4.69, 9.17) is 4.74 Å². The summed E-state index contributed by atoms with van der Waals surface area (Å²) < 4.78 is 5.88. The summed E-state index contributed by atoms with van der Waals surface area (Å²) in [6, 6.07) is 4.31. The zero-order valence-corrected chi connectivity index (χ0v) is 15.5. The molecule has 0 amide bonds. The van der Waals surface area contributed by atoms with Crippen LogP contribution in [0.5, 0.6) is 0 Å². The van der Waals surface area contributed by atoms with Gasteiger partial charge >= 0.3 is 0 Å². The van der Waals surface area contributed by atoms with Gasteiger partial charge in [0.25, 0.3) is 0 Å². The highest BCUT2D eigenvalue weighted by atomic mass is 32.1. The summed E-state index contributed by atoms with van der Waals surface area (Å²) in [4.78, 5) is 5.70. The summed E-state index contributed by atoms with van der Waals surface area (Å²) in [5, 5.41) is 8.94. The fraction of sp³-hybridized carbons (Fsp3) is 0.722. The summed E-state index contributed by atoms with van der Waals surface area (Å²) in [6.07, 6.45) is 6.69. The highest BCUT2D eigenvalue weighted by Gasteiger charge is 2.21. The van der Waals surface area contributed by atoms with Crippen LogP contribution in [0.2, 0.25) is 0 Å². The third kappa shape index (κ3) is 6.15. The third-order valence-electron chi connectivity index (χ3n) is 4.38. The molecule has 1 aliphatic rings. The van der Waals surface area contributed by atoms with E-state index in [2.05, 4.69) is 47.0 Å². The number of aliphatic imine (C=N–C) groups is 1. The zero-order chi connectivity index (χ0) is 16.5. The van der Waals surface area contributed by atoms with Crippen LogP contribution in [0.3, 0.4) is 0 Å². The standard InChI is InChI=1S/C18H31N3OS/c1-18(2,16-10-6-13-23-16)14-21-17(19-3)20-11-7-12-22-15-8-4-5-9-15/h6,10,13,15H,4-5,7-9,11-12,14H2,1-3H3,(H2,19,20,21). The summed E-state index contributed by atoms with van der Waals surface area (Å²) in [7, 11) is 1.82. The minimum Gasteiger partial charge on any atom is -0.378 e. The van der Waals surface area contributed by atoms with Crippen molar-refractivity contribution in [2.24, 2.45) is 4.99 Å². The van der Waals surface area contributed by atoms with E-state index >= 15 is 0 Å². The summed E-state index contributed by atoms with van der Waals surface area (Å²) in [5.41, 5.74) is 0.109. The van der Waals surface area contributed by atoms with Crippen LogP contribution in [0.4, 0.5) is 0 Å². The lowest BCUT2D eigenvalue weighted by Gasteiger charge is -2.25. The Labute approximate surface area is 144 Å². The molecule has 130 valence electrons. The maximum atomic E-state index is 5.88. The molecule has 2 N–H and O–H groups in total. The molecule has 1 fully saturated rings. The van der Waals surface area contributed by atoms with E-state index in [1.165, 1.54) is 30.6 Å². The Morgan fingerprint density at radius 2 is 2.13 bits per heavy atom. The third-order valence-corrected chi connectivity index (χ3v) is 5.61. The Bertz CT molecular complexity index is 465. The molecule has 0 saturated heterocycles. The van der Waals surface area contributed by atoms with Crippen LogP contribution >= 0.6 is 11.3 Å². The van der Waals surface area contributed by atoms with Crippen molar-refractivity contribution >= 4 is 17.3 Å². The van der Waals surface area contributed by atoms with Crippen LogP contribution < -0.4 is 10.6 Å². The second-order valence-corrected chi connectivity index (χ2v) is 7.79. The average Bonchev–Trinajstić information content (AvgIpc) is 3.23. The van der Waals surface area contributed by atoms with Gasteiger partial charge in [-0.2, -0.15) is 0 Å². The predicted octanol–water partition coefficient (Wildman–Crippen LogP) is 3.54. The predicted molar refractivity (Wildman–Crippen MR) is 99.5 cm³/mol. The van der Waals surface area contributed by atoms with E-state index in [-0.39, 0.29) is 5.41 Å². The van der Waals surface area contributed by atoms with Crippen LogP contribution in [-0.4, -0.2) is 38.8 Å². The molecule has 0 unspecified atom stereocenters. The molecule has 2 rings (SSSR count). The van der Waals surface area contributed by atoms with Crippen LogP contribution in [0.1, 0.15) is 50.8 Å². The van der Waals surface area contributed by atoms with E-state index in [0.717, 1.165) is 32.1 Å². The van der Waals surface area contributed by atoms with Crippen molar-refractivity contribution in [2.75, 3.05) is 26.7 Å². The fourth-order valence-corrected chi connectivity index (χ4v) is 3.71. The van der Waals surface area contributed by atoms with Gasteiger partial charge in [0.15, 0.2) is 5.96 Å². The van der Waals surface area contributed by atoms with Crippen molar-refractivity contribution < 1.29 is 4.74 Å². The first-order valence-electron chi connectivity index (χ1n) is 8.72. The van der Waals surface area contributed by atoms with Gasteiger partial charge in [-0.3, -0.25) is 4.99 Å². The number of rotatable bonds is 8. The number of ether oxygens (including phenoxy) is 1. The molecule has 23 heavy (non-hydrogen) atoms. The highest BCUT2D eigenvalue weighted by Crippen LogP contribution is 2.26. The molecular formula is C18H31N3OS. The molecule has 1 aromatic rings. The quantitative estimate of drug-likeness (QED) is 0.433. The minimum atomic E-state index is 0.109. The van der Waals surface area contributed by atoms with Crippen molar-refractivity contribution in [3.63, 3.8) is 0 Å². The number of nitrogens with one attached hydrogen (secondary N) is 2. The molecule has 1 aromatic heterocycles. The Morgan fingerprint density at radius 1 is 1.35 bits per heavy atom. The first-order chi connectivity index (χ1) is 11.1. The molecule has 0 aliphatic heterocycles. The molecule has 0 radical (unpaired) electrons. The molecule has 1 saturated carbocycles. The molecule has 0 aromatic carbocycles. The second-order valence-electron chi connectivity index (χ2n) is 6.84. The van der Waals surface area contributed by atoms with Gasteiger partial charge in [-0.1, -0.05) is 32.8 Å². The Morgan fingerprint density at radius 3 is 2.78 bits per heavy atom. The van der Waals surface area contributed by atoms with Crippen LogP contribution in [0.25, 0.3) is 0 Å². The van der Waals surface area contributed by atoms with Crippen LogP contribution in [-0.2, 0) is 10.2 Å². The largest absolute Gasteiger partial charge is 0.378 e.